The van der Waals surface area contributed by atoms with Crippen molar-refractivity contribution in [2.75, 3.05) is 0 Å². The number of hydrogen-bond acceptors (Lipinski definition) is 3. The van der Waals surface area contributed by atoms with E-state index in [-0.39, 0.29) is 35.1 Å². The Kier molecular flexibility index (Phi) is 4.68. The van der Waals surface area contributed by atoms with Gasteiger partial charge in [0.05, 0.1) is 5.97 Å². The van der Waals surface area contributed by atoms with Gasteiger partial charge in [0.2, 0.25) is 0 Å². The molecule has 0 aliphatic rings. The quantitative estimate of drug-likeness (QED) is 0.557. The van der Waals surface area contributed by atoms with Gasteiger partial charge in [0.15, 0.2) is 0 Å². The summed E-state index contributed by atoms with van der Waals surface area (Å²) >= 11 is 0. The van der Waals surface area contributed by atoms with E-state index < -0.39 is 5.97 Å². The molecule has 0 amide bonds. The first-order valence-corrected chi connectivity index (χ1v) is 4.49. The molecule has 4 heteroatoms. The Balaban J connectivity index is 0.00000128. The molecule has 3 nitrogen and oxygen atoms in total. The summed E-state index contributed by atoms with van der Waals surface area (Å²) in [6, 6.07) is 10.3. The van der Waals surface area contributed by atoms with Gasteiger partial charge in [-0.1, -0.05) is 24.3 Å². The van der Waals surface area contributed by atoms with Crippen LogP contribution in [-0.2, 0) is 0 Å². The van der Waals surface area contributed by atoms with E-state index in [0.29, 0.717) is 0 Å². The van der Waals surface area contributed by atoms with Crippen LogP contribution in [0.3, 0.4) is 0 Å². The molecule has 1 aromatic carbocycles. The number of aromatic nitrogens is 1. The van der Waals surface area contributed by atoms with Crippen LogP contribution in [0, 0.1) is 0 Å². The number of carbonyl (C=O) groups excluding carboxylic acids is 1. The predicted molar refractivity (Wildman–Crippen MR) is 54.0 cm³/mol. The van der Waals surface area contributed by atoms with Crippen LogP contribution in [0.2, 0.25) is 0 Å². The molecule has 2 rings (SSSR count). The molecule has 0 atom stereocenters. The zero-order valence-electron chi connectivity index (χ0n) is 8.88. The van der Waals surface area contributed by atoms with Crippen LogP contribution < -0.4 is 34.7 Å². The van der Waals surface area contributed by atoms with Crippen molar-refractivity contribution >= 4 is 5.97 Å². The van der Waals surface area contributed by atoms with Crippen molar-refractivity contribution < 1.29 is 39.5 Å². The second kappa shape index (κ2) is 5.80. The predicted octanol–water partition coefficient (Wildman–Crippen LogP) is -1.88. The summed E-state index contributed by atoms with van der Waals surface area (Å²) in [5.41, 5.74) is 1.89. The van der Waals surface area contributed by atoms with E-state index in [0.717, 1.165) is 11.1 Å². The average molecular weight is 221 g/mol. The van der Waals surface area contributed by atoms with Crippen LogP contribution in [0.15, 0.2) is 48.8 Å². The van der Waals surface area contributed by atoms with Gasteiger partial charge in [0.25, 0.3) is 0 Å². The van der Waals surface area contributed by atoms with Crippen LogP contribution >= 0.6 is 0 Å². The SMILES string of the molecule is O=C([O-])c1cccc(-c2cccnc2)c1.[Na+]. The van der Waals surface area contributed by atoms with Crippen LogP contribution in [0.25, 0.3) is 11.1 Å². The summed E-state index contributed by atoms with van der Waals surface area (Å²) in [6.07, 6.45) is 3.36. The van der Waals surface area contributed by atoms with Crippen molar-refractivity contribution in [3.63, 3.8) is 0 Å². The Bertz CT molecular complexity index is 485. The number of nitrogens with zero attached hydrogens (tertiary/aromatic N) is 1. The number of carboxylic acid groups (broad SMARTS) is 1. The summed E-state index contributed by atoms with van der Waals surface area (Å²) < 4.78 is 0. The second-order valence-corrected chi connectivity index (χ2v) is 3.11. The van der Waals surface area contributed by atoms with Gasteiger partial charge in [0.1, 0.15) is 0 Å². The second-order valence-electron chi connectivity index (χ2n) is 3.11. The normalized spacial score (nSPS) is 9.25. The number of carboxylic acids is 1. The third-order valence-electron chi connectivity index (χ3n) is 2.09. The Morgan fingerprint density at radius 3 is 2.50 bits per heavy atom. The van der Waals surface area contributed by atoms with Crippen molar-refractivity contribution in [2.45, 2.75) is 0 Å². The first-order valence-electron chi connectivity index (χ1n) is 4.49. The molecule has 1 heterocycles. The summed E-state index contributed by atoms with van der Waals surface area (Å²) in [4.78, 5) is 14.6. The van der Waals surface area contributed by atoms with Gasteiger partial charge in [-0.25, -0.2) is 0 Å². The molecule has 0 saturated heterocycles. The molecule has 16 heavy (non-hydrogen) atoms. The topological polar surface area (TPSA) is 53.0 Å². The van der Waals surface area contributed by atoms with Gasteiger partial charge < -0.3 is 9.90 Å². The molecule has 2 aromatic rings. The van der Waals surface area contributed by atoms with Crippen molar-refractivity contribution in [2.24, 2.45) is 0 Å². The number of carbonyl (C=O) groups is 1. The number of hydrogen-bond donors (Lipinski definition) is 0. The molecule has 0 fully saturated rings. The zero-order chi connectivity index (χ0) is 10.7. The Labute approximate surface area is 115 Å². The maximum atomic E-state index is 10.7. The molecule has 0 spiro atoms. The standard InChI is InChI=1S/C12H9NO2.Na/c14-12(15)10-4-1-3-9(7-10)11-5-2-6-13-8-11;/h1-8H,(H,14,15);/q;+1/p-1. The zero-order valence-corrected chi connectivity index (χ0v) is 10.9. The van der Waals surface area contributed by atoms with Crippen molar-refractivity contribution in [3.8, 4) is 11.1 Å². The summed E-state index contributed by atoms with van der Waals surface area (Å²) in [5, 5.41) is 10.7. The van der Waals surface area contributed by atoms with E-state index in [4.69, 9.17) is 0 Å². The maximum Gasteiger partial charge on any atom is 1.00 e. The molecule has 0 aliphatic heterocycles. The Morgan fingerprint density at radius 2 is 1.88 bits per heavy atom. The van der Waals surface area contributed by atoms with Gasteiger partial charge in [-0.05, 0) is 23.3 Å². The molecule has 0 radical (unpaired) electrons. The van der Waals surface area contributed by atoms with Gasteiger partial charge >= 0.3 is 29.6 Å². The fourth-order valence-corrected chi connectivity index (χ4v) is 1.36. The molecular formula is C12H8NNaO2. The third-order valence-corrected chi connectivity index (χ3v) is 2.09. The molecule has 1 aromatic heterocycles. The van der Waals surface area contributed by atoms with Crippen molar-refractivity contribution in [1.82, 2.24) is 4.98 Å². The van der Waals surface area contributed by atoms with E-state index in [1.165, 1.54) is 6.07 Å². The molecule has 0 unspecified atom stereocenters. The molecule has 0 saturated carbocycles. The van der Waals surface area contributed by atoms with Crippen LogP contribution in [0.4, 0.5) is 0 Å². The first-order chi connectivity index (χ1) is 7.27. The number of pyridine rings is 1. The first kappa shape index (κ1) is 12.9. The molecule has 0 N–H and O–H groups in total. The number of rotatable bonds is 2. The molecule has 0 bridgehead atoms. The van der Waals surface area contributed by atoms with Crippen LogP contribution in [0.1, 0.15) is 10.4 Å². The molecular weight excluding hydrogens is 213 g/mol. The van der Waals surface area contributed by atoms with Gasteiger partial charge in [0, 0.05) is 18.0 Å². The maximum absolute atomic E-state index is 10.7. The Hall–Kier alpha value is -1.16. The van der Waals surface area contributed by atoms with Gasteiger partial charge in [-0.3, -0.25) is 4.98 Å². The largest absolute Gasteiger partial charge is 1.00 e. The summed E-state index contributed by atoms with van der Waals surface area (Å²) in [6.45, 7) is 0. The van der Waals surface area contributed by atoms with Gasteiger partial charge in [-0.15, -0.1) is 0 Å². The molecule has 0 aliphatic carbocycles. The van der Waals surface area contributed by atoms with E-state index in [1.54, 1.807) is 30.6 Å². The van der Waals surface area contributed by atoms with E-state index in [9.17, 15) is 9.90 Å². The van der Waals surface area contributed by atoms with E-state index in [1.807, 2.05) is 12.1 Å². The average Bonchev–Trinajstić information content (AvgIpc) is 2.30. The van der Waals surface area contributed by atoms with Crippen molar-refractivity contribution in [1.29, 1.82) is 0 Å². The number of aromatic carboxylic acids is 1. The fourth-order valence-electron chi connectivity index (χ4n) is 1.36. The summed E-state index contributed by atoms with van der Waals surface area (Å²) in [5.74, 6) is -1.17. The minimum absolute atomic E-state index is 0. The fraction of sp³-hybridized carbons (Fsp3) is 0. The smallest absolute Gasteiger partial charge is 0.545 e. The van der Waals surface area contributed by atoms with Crippen LogP contribution in [-0.4, -0.2) is 11.0 Å². The Morgan fingerprint density at radius 1 is 1.12 bits per heavy atom. The van der Waals surface area contributed by atoms with Gasteiger partial charge in [-0.2, -0.15) is 0 Å². The van der Waals surface area contributed by atoms with Crippen LogP contribution in [0.5, 0.6) is 0 Å². The van der Waals surface area contributed by atoms with Crippen molar-refractivity contribution in [3.05, 3.63) is 54.4 Å². The minimum Gasteiger partial charge on any atom is -0.545 e. The number of benzene rings is 1. The third kappa shape index (κ3) is 2.92. The van der Waals surface area contributed by atoms with E-state index in [2.05, 4.69) is 4.98 Å². The van der Waals surface area contributed by atoms with E-state index >= 15 is 0 Å². The monoisotopic (exact) mass is 221 g/mol. The summed E-state index contributed by atoms with van der Waals surface area (Å²) in [7, 11) is 0. The molecule has 74 valence electrons. The minimum atomic E-state index is -1.17.